The van der Waals surface area contributed by atoms with Gasteiger partial charge in [-0.3, -0.25) is 0 Å². The lowest BCUT2D eigenvalue weighted by atomic mass is 9.81. The summed E-state index contributed by atoms with van der Waals surface area (Å²) in [6, 6.07) is 73.6. The average molecular weight is 796 g/mol. The van der Waals surface area contributed by atoms with E-state index in [1.54, 1.807) is 0 Å². The van der Waals surface area contributed by atoms with E-state index in [1.807, 2.05) is 6.07 Å². The number of para-hydroxylation sites is 1. The molecular formula is C60H45NO. The molecule has 1 heterocycles. The molecule has 62 heavy (non-hydrogen) atoms. The molecule has 0 radical (unpaired) electrons. The molecule has 2 heteroatoms. The molecule has 0 saturated heterocycles. The van der Waals surface area contributed by atoms with Crippen molar-refractivity contribution >= 4 is 39.0 Å². The summed E-state index contributed by atoms with van der Waals surface area (Å²) in [6.07, 6.45) is 0. The van der Waals surface area contributed by atoms with Crippen LogP contribution in [0, 0.1) is 0 Å². The fraction of sp³-hybridized carbons (Fsp3) is 0.100. The van der Waals surface area contributed by atoms with Crippen LogP contribution in [0.15, 0.2) is 205 Å². The first-order chi connectivity index (χ1) is 30.3. The van der Waals surface area contributed by atoms with Gasteiger partial charge in [-0.05, 0) is 132 Å². The minimum Gasteiger partial charge on any atom is -0.456 e. The summed E-state index contributed by atoms with van der Waals surface area (Å²) in [5.74, 6) is 0. The molecule has 10 aromatic rings. The van der Waals surface area contributed by atoms with Gasteiger partial charge in [0.25, 0.3) is 0 Å². The molecular weight excluding hydrogens is 751 g/mol. The molecule has 2 aliphatic carbocycles. The van der Waals surface area contributed by atoms with Crippen molar-refractivity contribution in [1.82, 2.24) is 0 Å². The van der Waals surface area contributed by atoms with Crippen molar-refractivity contribution in [2.24, 2.45) is 0 Å². The molecule has 2 aliphatic rings. The molecule has 296 valence electrons. The van der Waals surface area contributed by atoms with Crippen LogP contribution in [-0.2, 0) is 10.8 Å². The van der Waals surface area contributed by atoms with Gasteiger partial charge < -0.3 is 9.32 Å². The Morgan fingerprint density at radius 1 is 0.355 bits per heavy atom. The van der Waals surface area contributed by atoms with E-state index in [2.05, 4.69) is 227 Å². The maximum absolute atomic E-state index is 6.36. The molecule has 0 amide bonds. The predicted molar refractivity (Wildman–Crippen MR) is 260 cm³/mol. The number of hydrogen-bond acceptors (Lipinski definition) is 2. The number of benzene rings is 9. The van der Waals surface area contributed by atoms with Crippen molar-refractivity contribution in [1.29, 1.82) is 0 Å². The van der Waals surface area contributed by atoms with Crippen LogP contribution in [0.25, 0.3) is 77.6 Å². The Morgan fingerprint density at radius 2 is 0.935 bits per heavy atom. The minimum absolute atomic E-state index is 0.108. The summed E-state index contributed by atoms with van der Waals surface area (Å²) in [7, 11) is 0. The predicted octanol–water partition coefficient (Wildman–Crippen LogP) is 16.7. The summed E-state index contributed by atoms with van der Waals surface area (Å²) >= 11 is 0. The number of fused-ring (bicyclic) bond motifs is 9. The lowest BCUT2D eigenvalue weighted by Crippen LogP contribution is -2.20. The zero-order valence-corrected chi connectivity index (χ0v) is 35.4. The van der Waals surface area contributed by atoms with E-state index in [9.17, 15) is 0 Å². The molecule has 0 atom stereocenters. The molecule has 0 spiro atoms. The van der Waals surface area contributed by atoms with Gasteiger partial charge in [0.15, 0.2) is 0 Å². The van der Waals surface area contributed by atoms with Crippen LogP contribution in [0.1, 0.15) is 49.9 Å². The lowest BCUT2D eigenvalue weighted by molar-refractivity contribution is 0.660. The van der Waals surface area contributed by atoms with E-state index in [1.165, 1.54) is 72.4 Å². The van der Waals surface area contributed by atoms with Crippen molar-refractivity contribution in [3.63, 3.8) is 0 Å². The van der Waals surface area contributed by atoms with E-state index in [0.29, 0.717) is 0 Å². The van der Waals surface area contributed by atoms with Crippen LogP contribution in [0.3, 0.4) is 0 Å². The van der Waals surface area contributed by atoms with Gasteiger partial charge in [-0.25, -0.2) is 0 Å². The molecule has 0 N–H and O–H groups in total. The molecule has 12 rings (SSSR count). The quantitative estimate of drug-likeness (QED) is 0.167. The van der Waals surface area contributed by atoms with Crippen LogP contribution in [0.4, 0.5) is 17.1 Å². The Balaban J connectivity index is 1.02. The monoisotopic (exact) mass is 795 g/mol. The number of rotatable bonds is 6. The second-order valence-corrected chi connectivity index (χ2v) is 18.1. The molecule has 0 fully saturated rings. The van der Waals surface area contributed by atoms with Crippen LogP contribution >= 0.6 is 0 Å². The summed E-state index contributed by atoms with van der Waals surface area (Å²) in [4.78, 5) is 2.49. The maximum Gasteiger partial charge on any atom is 0.136 e. The van der Waals surface area contributed by atoms with Gasteiger partial charge in [0, 0.05) is 33.0 Å². The third-order valence-corrected chi connectivity index (χ3v) is 13.8. The van der Waals surface area contributed by atoms with E-state index >= 15 is 0 Å². The van der Waals surface area contributed by atoms with Crippen molar-refractivity contribution in [2.75, 3.05) is 4.90 Å². The first-order valence-electron chi connectivity index (χ1n) is 21.8. The van der Waals surface area contributed by atoms with Crippen LogP contribution in [0.2, 0.25) is 0 Å². The first-order valence-corrected chi connectivity index (χ1v) is 21.8. The largest absolute Gasteiger partial charge is 0.456 e. The Hall–Kier alpha value is -7.42. The van der Waals surface area contributed by atoms with Gasteiger partial charge in [-0.1, -0.05) is 173 Å². The van der Waals surface area contributed by atoms with Gasteiger partial charge in [-0.15, -0.1) is 0 Å². The zero-order chi connectivity index (χ0) is 41.7. The molecule has 0 bridgehead atoms. The normalized spacial score (nSPS) is 14.1. The Kier molecular flexibility index (Phi) is 7.96. The summed E-state index contributed by atoms with van der Waals surface area (Å²) < 4.78 is 6.36. The minimum atomic E-state index is -0.210. The van der Waals surface area contributed by atoms with Crippen molar-refractivity contribution < 1.29 is 4.42 Å². The third-order valence-electron chi connectivity index (χ3n) is 13.8. The molecule has 9 aromatic carbocycles. The third kappa shape index (κ3) is 5.43. The van der Waals surface area contributed by atoms with Crippen molar-refractivity contribution in [2.45, 2.75) is 38.5 Å². The Labute approximate surface area is 363 Å². The molecule has 1 aromatic heterocycles. The highest BCUT2D eigenvalue weighted by atomic mass is 16.3. The van der Waals surface area contributed by atoms with Gasteiger partial charge in [0.2, 0.25) is 0 Å². The number of nitrogens with zero attached hydrogens (tertiary/aromatic N) is 1. The van der Waals surface area contributed by atoms with E-state index in [4.69, 9.17) is 4.42 Å². The van der Waals surface area contributed by atoms with E-state index in [-0.39, 0.29) is 10.8 Å². The highest BCUT2D eigenvalue weighted by Gasteiger charge is 2.39. The number of hydrogen-bond donors (Lipinski definition) is 0. The fourth-order valence-electron chi connectivity index (χ4n) is 10.8. The Morgan fingerprint density at radius 3 is 1.79 bits per heavy atom. The SMILES string of the molecule is CC1(C)c2ccc(-c3cccc(N(c4cccc(-c5cccc6oc7ccccc7c56)c4)c4cccc5c4C(C)(C)c4ccccc4-5)c3)cc2-c2ccc(-c3ccccc3)cc21. The lowest BCUT2D eigenvalue weighted by Gasteiger charge is -2.32. The average Bonchev–Trinajstić information content (AvgIpc) is 3.89. The molecule has 0 aliphatic heterocycles. The van der Waals surface area contributed by atoms with Gasteiger partial charge in [-0.2, -0.15) is 0 Å². The highest BCUT2D eigenvalue weighted by Crippen LogP contribution is 2.55. The van der Waals surface area contributed by atoms with Crippen molar-refractivity contribution in [3.8, 4) is 55.6 Å². The molecule has 2 nitrogen and oxygen atoms in total. The van der Waals surface area contributed by atoms with E-state index in [0.717, 1.165) is 44.4 Å². The smallest absolute Gasteiger partial charge is 0.136 e. The van der Waals surface area contributed by atoms with Crippen LogP contribution in [-0.4, -0.2) is 0 Å². The number of anilines is 3. The maximum atomic E-state index is 6.36. The Bertz CT molecular complexity index is 3420. The highest BCUT2D eigenvalue weighted by molar-refractivity contribution is 6.12. The summed E-state index contributed by atoms with van der Waals surface area (Å²) in [6.45, 7) is 9.49. The van der Waals surface area contributed by atoms with Gasteiger partial charge in [0.05, 0.1) is 5.69 Å². The van der Waals surface area contributed by atoms with E-state index < -0.39 is 0 Å². The summed E-state index contributed by atoms with van der Waals surface area (Å²) in [5.41, 5.74) is 22.8. The van der Waals surface area contributed by atoms with Gasteiger partial charge >= 0.3 is 0 Å². The number of furan rings is 1. The zero-order valence-electron chi connectivity index (χ0n) is 35.4. The van der Waals surface area contributed by atoms with Crippen LogP contribution < -0.4 is 4.90 Å². The second kappa shape index (κ2) is 13.5. The molecule has 0 unspecified atom stereocenters. The summed E-state index contributed by atoms with van der Waals surface area (Å²) in [5, 5.41) is 2.27. The second-order valence-electron chi connectivity index (χ2n) is 18.1. The van der Waals surface area contributed by atoms with Crippen LogP contribution in [0.5, 0.6) is 0 Å². The van der Waals surface area contributed by atoms with Crippen molar-refractivity contribution in [3.05, 3.63) is 222 Å². The topological polar surface area (TPSA) is 16.4 Å². The van der Waals surface area contributed by atoms with Gasteiger partial charge in [0.1, 0.15) is 11.2 Å². The fourth-order valence-corrected chi connectivity index (χ4v) is 10.8. The molecule has 0 saturated carbocycles. The standard InChI is InChI=1S/C60H45NO/c1-59(2)52-33-31-40(36-50(52)47-32-30-41(37-53(47)59)38-16-6-5-7-17-38)39-18-12-20-43(34-39)61(54-27-14-25-48-46-22-8-10-26-51(46)60(3,4)58(48)54)44-21-13-19-42(35-44)45-24-15-29-56-57(45)49-23-9-11-28-55(49)62-56/h5-37H,1-4H3. The first kappa shape index (κ1) is 36.4.